The van der Waals surface area contributed by atoms with Gasteiger partial charge in [-0.1, -0.05) is 23.2 Å². The number of nitrogens with one attached hydrogen (secondary N) is 1. The summed E-state index contributed by atoms with van der Waals surface area (Å²) in [5, 5.41) is 2.99. The molecule has 8 nitrogen and oxygen atoms in total. The van der Waals surface area contributed by atoms with E-state index in [1.807, 2.05) is 0 Å². The molecule has 0 unspecified atom stereocenters. The summed E-state index contributed by atoms with van der Waals surface area (Å²) >= 11 is 11.8. The van der Waals surface area contributed by atoms with Crippen LogP contribution in [-0.4, -0.2) is 52.9 Å². The maximum Gasteiger partial charge on any atom is 0.245 e. The second-order valence-corrected chi connectivity index (χ2v) is 11.7. The Bertz CT molecular complexity index is 1180. The summed E-state index contributed by atoms with van der Waals surface area (Å²) in [6.45, 7) is 0.498. The third-order valence-corrected chi connectivity index (χ3v) is 8.51. The number of hydrogen-bond donors (Lipinski definition) is 1. The van der Waals surface area contributed by atoms with Gasteiger partial charge < -0.3 is 5.32 Å². The third-order valence-electron chi connectivity index (χ3n) is 4.72. The zero-order valence-corrected chi connectivity index (χ0v) is 19.7. The lowest BCUT2D eigenvalue weighted by Crippen LogP contribution is -2.37. The maximum atomic E-state index is 12.6. The molecule has 1 aliphatic rings. The van der Waals surface area contributed by atoms with Crippen LogP contribution in [-0.2, 0) is 24.8 Å². The molecular weight excluding hydrogens is 485 g/mol. The Morgan fingerprint density at radius 1 is 1.00 bits per heavy atom. The normalized spacial score (nSPS) is 15.1. The molecule has 0 saturated carbocycles. The molecule has 0 radical (unpaired) electrons. The van der Waals surface area contributed by atoms with Gasteiger partial charge in [-0.3, -0.25) is 9.10 Å². The number of benzene rings is 2. The highest BCUT2D eigenvalue weighted by Crippen LogP contribution is 2.28. The number of anilines is 2. The number of carbonyl (C=O) groups is 1. The molecule has 0 spiro atoms. The topological polar surface area (TPSA) is 104 Å². The van der Waals surface area contributed by atoms with E-state index in [0.717, 1.165) is 23.4 Å². The van der Waals surface area contributed by atoms with Crippen molar-refractivity contribution in [1.29, 1.82) is 0 Å². The number of rotatable bonds is 7. The summed E-state index contributed by atoms with van der Waals surface area (Å²) in [5.41, 5.74) is 0.534. The lowest BCUT2D eigenvalue weighted by atomic mass is 10.3. The first-order valence-electron chi connectivity index (χ1n) is 9.31. The van der Waals surface area contributed by atoms with Gasteiger partial charge in [0.05, 0.1) is 26.9 Å². The summed E-state index contributed by atoms with van der Waals surface area (Å²) in [5.74, 6) is -0.605. The number of nitrogens with zero attached hydrogens (tertiary/aromatic N) is 2. The van der Waals surface area contributed by atoms with Gasteiger partial charge in [0.2, 0.25) is 26.0 Å². The van der Waals surface area contributed by atoms with Crippen LogP contribution in [0.3, 0.4) is 0 Å². The first kappa shape index (κ1) is 23.8. The van der Waals surface area contributed by atoms with Crippen LogP contribution < -0.4 is 9.62 Å². The van der Waals surface area contributed by atoms with Gasteiger partial charge in [0.15, 0.2) is 0 Å². The van der Waals surface area contributed by atoms with Gasteiger partial charge in [-0.05, 0) is 55.3 Å². The molecule has 0 aliphatic carbocycles. The molecule has 2 aromatic rings. The number of hydrogen-bond acceptors (Lipinski definition) is 5. The molecule has 0 aromatic heterocycles. The van der Waals surface area contributed by atoms with E-state index in [-0.39, 0.29) is 20.6 Å². The van der Waals surface area contributed by atoms with Crippen LogP contribution in [0.2, 0.25) is 10.0 Å². The summed E-state index contributed by atoms with van der Waals surface area (Å²) in [7, 11) is -7.34. The van der Waals surface area contributed by atoms with Gasteiger partial charge in [0, 0.05) is 18.8 Å². The molecule has 12 heteroatoms. The van der Waals surface area contributed by atoms with Crippen molar-refractivity contribution in [2.45, 2.75) is 17.7 Å². The fraction of sp³-hybridized carbons (Fsp3) is 0.316. The molecule has 1 heterocycles. The van der Waals surface area contributed by atoms with Crippen LogP contribution in [0.15, 0.2) is 47.4 Å². The van der Waals surface area contributed by atoms with E-state index in [2.05, 4.69) is 5.32 Å². The van der Waals surface area contributed by atoms with Crippen LogP contribution in [0.5, 0.6) is 0 Å². The van der Waals surface area contributed by atoms with Gasteiger partial charge in [0.1, 0.15) is 6.54 Å². The molecule has 1 fully saturated rings. The SMILES string of the molecule is CS(=O)(=O)N(CC(=O)Nc1ccc(S(=O)(=O)N2CCCC2)cc1)c1ccc(Cl)c(Cl)c1. The van der Waals surface area contributed by atoms with E-state index in [4.69, 9.17) is 23.2 Å². The van der Waals surface area contributed by atoms with E-state index in [0.29, 0.717) is 18.8 Å². The van der Waals surface area contributed by atoms with Crippen molar-refractivity contribution in [3.05, 3.63) is 52.5 Å². The van der Waals surface area contributed by atoms with E-state index < -0.39 is 32.5 Å². The van der Waals surface area contributed by atoms with Gasteiger partial charge >= 0.3 is 0 Å². The zero-order chi connectivity index (χ0) is 22.8. The standard InChI is InChI=1S/C19H21Cl2N3O5S2/c1-30(26,27)24(15-6-9-17(20)18(21)12-15)13-19(25)22-14-4-7-16(8-5-14)31(28,29)23-10-2-3-11-23/h4-9,12H,2-3,10-11,13H2,1H3,(H,22,25). The van der Waals surface area contributed by atoms with Crippen molar-refractivity contribution in [3.8, 4) is 0 Å². The number of halogens is 2. The molecule has 31 heavy (non-hydrogen) atoms. The molecule has 1 amide bonds. The molecule has 3 rings (SSSR count). The largest absolute Gasteiger partial charge is 0.325 e. The number of carbonyl (C=O) groups excluding carboxylic acids is 1. The van der Waals surface area contributed by atoms with Gasteiger partial charge in [-0.15, -0.1) is 0 Å². The molecule has 1 N–H and O–H groups in total. The van der Waals surface area contributed by atoms with E-state index in [1.165, 1.54) is 46.8 Å². The summed E-state index contributed by atoms with van der Waals surface area (Å²) in [6, 6.07) is 9.99. The van der Waals surface area contributed by atoms with E-state index >= 15 is 0 Å². The van der Waals surface area contributed by atoms with Crippen LogP contribution in [0, 0.1) is 0 Å². The lowest BCUT2D eigenvalue weighted by molar-refractivity contribution is -0.114. The van der Waals surface area contributed by atoms with Crippen LogP contribution >= 0.6 is 23.2 Å². The maximum absolute atomic E-state index is 12.6. The van der Waals surface area contributed by atoms with Gasteiger partial charge in [0.25, 0.3) is 0 Å². The minimum atomic E-state index is -3.78. The van der Waals surface area contributed by atoms with E-state index in [1.54, 1.807) is 0 Å². The second kappa shape index (κ2) is 9.33. The highest BCUT2D eigenvalue weighted by molar-refractivity contribution is 7.92. The first-order valence-corrected chi connectivity index (χ1v) is 13.4. The molecule has 2 aromatic carbocycles. The van der Waals surface area contributed by atoms with Crippen molar-refractivity contribution in [2.75, 3.05) is 35.5 Å². The smallest absolute Gasteiger partial charge is 0.245 e. The van der Waals surface area contributed by atoms with Crippen LogP contribution in [0.25, 0.3) is 0 Å². The fourth-order valence-electron chi connectivity index (χ4n) is 3.16. The minimum Gasteiger partial charge on any atom is -0.325 e. The zero-order valence-electron chi connectivity index (χ0n) is 16.6. The third kappa shape index (κ3) is 5.69. The quantitative estimate of drug-likeness (QED) is 0.622. The average molecular weight is 506 g/mol. The van der Waals surface area contributed by atoms with E-state index in [9.17, 15) is 21.6 Å². The monoisotopic (exact) mass is 505 g/mol. The predicted molar refractivity (Wildman–Crippen MR) is 122 cm³/mol. The van der Waals surface area contributed by atoms with Crippen LogP contribution in [0.4, 0.5) is 11.4 Å². The van der Waals surface area contributed by atoms with Crippen molar-refractivity contribution in [3.63, 3.8) is 0 Å². The van der Waals surface area contributed by atoms with Crippen molar-refractivity contribution in [2.24, 2.45) is 0 Å². The number of sulfonamides is 2. The molecule has 1 saturated heterocycles. The van der Waals surface area contributed by atoms with Crippen molar-refractivity contribution in [1.82, 2.24) is 4.31 Å². The highest BCUT2D eigenvalue weighted by atomic mass is 35.5. The van der Waals surface area contributed by atoms with Crippen molar-refractivity contribution >= 4 is 60.5 Å². The lowest BCUT2D eigenvalue weighted by Gasteiger charge is -2.22. The highest BCUT2D eigenvalue weighted by Gasteiger charge is 2.27. The second-order valence-electron chi connectivity index (χ2n) is 7.05. The summed E-state index contributed by atoms with van der Waals surface area (Å²) in [4.78, 5) is 12.6. The average Bonchev–Trinajstić information content (AvgIpc) is 3.24. The Hall–Kier alpha value is -1.85. The van der Waals surface area contributed by atoms with Crippen LogP contribution in [0.1, 0.15) is 12.8 Å². The first-order chi connectivity index (χ1) is 14.5. The Labute approximate surface area is 191 Å². The van der Waals surface area contributed by atoms with Gasteiger partial charge in [-0.25, -0.2) is 16.8 Å². The fourth-order valence-corrected chi connectivity index (χ4v) is 5.82. The van der Waals surface area contributed by atoms with Crippen molar-refractivity contribution < 1.29 is 21.6 Å². The molecule has 0 atom stereocenters. The molecule has 168 valence electrons. The molecule has 0 bridgehead atoms. The predicted octanol–water partition coefficient (Wildman–Crippen LogP) is 3.18. The Morgan fingerprint density at radius 3 is 2.16 bits per heavy atom. The Balaban J connectivity index is 1.73. The summed E-state index contributed by atoms with van der Waals surface area (Å²) in [6.07, 6.45) is 2.65. The molecule has 1 aliphatic heterocycles. The molecular formula is C19H21Cl2N3O5S2. The minimum absolute atomic E-state index is 0.140. The van der Waals surface area contributed by atoms with Gasteiger partial charge in [-0.2, -0.15) is 4.31 Å². The Kier molecular flexibility index (Phi) is 7.17. The number of amides is 1. The Morgan fingerprint density at radius 2 is 1.61 bits per heavy atom. The summed E-state index contributed by atoms with van der Waals surface area (Å²) < 4.78 is 51.9.